The van der Waals surface area contributed by atoms with Gasteiger partial charge in [0.2, 0.25) is 0 Å². The van der Waals surface area contributed by atoms with Crippen LogP contribution in [0.4, 0.5) is 0 Å². The number of furan rings is 3. The molecule has 0 radical (unpaired) electrons. The average molecular weight is 627 g/mol. The lowest BCUT2D eigenvalue weighted by Gasteiger charge is -2.18. The van der Waals surface area contributed by atoms with Gasteiger partial charge in [0.15, 0.2) is 0 Å². The molecular weight excluding hydrogens is 601 g/mol. The highest BCUT2D eigenvalue weighted by Gasteiger charge is 2.27. The van der Waals surface area contributed by atoms with E-state index in [4.69, 9.17) is 13.3 Å². The number of fused-ring (bicyclic) bond motifs is 10. The minimum absolute atomic E-state index is 0.799. The molecule has 11 rings (SSSR count). The molecule has 0 bridgehead atoms. The van der Waals surface area contributed by atoms with Gasteiger partial charge in [-0.25, -0.2) is 0 Å². The fourth-order valence-electron chi connectivity index (χ4n) is 7.99. The summed E-state index contributed by atoms with van der Waals surface area (Å²) >= 11 is 0. The normalized spacial score (nSPS) is 12.1. The first-order chi connectivity index (χ1) is 24.3. The predicted molar refractivity (Wildman–Crippen MR) is 202 cm³/mol. The largest absolute Gasteiger partial charge is 0.456 e. The van der Waals surface area contributed by atoms with Crippen molar-refractivity contribution < 1.29 is 13.3 Å². The molecule has 49 heavy (non-hydrogen) atoms. The monoisotopic (exact) mass is 626 g/mol. The molecule has 0 aliphatic rings. The zero-order valence-corrected chi connectivity index (χ0v) is 26.2. The maximum Gasteiger partial charge on any atom is 0.147 e. The molecule has 0 saturated carbocycles. The van der Waals surface area contributed by atoms with E-state index in [-0.39, 0.29) is 0 Å². The zero-order valence-electron chi connectivity index (χ0n) is 26.2. The van der Waals surface area contributed by atoms with Gasteiger partial charge in [-0.05, 0) is 69.1 Å². The van der Waals surface area contributed by atoms with Gasteiger partial charge in [-0.2, -0.15) is 0 Å². The van der Waals surface area contributed by atoms with Gasteiger partial charge >= 0.3 is 0 Å². The molecular formula is C46H26O3. The molecule has 3 heteroatoms. The summed E-state index contributed by atoms with van der Waals surface area (Å²) in [6.45, 7) is 0. The van der Waals surface area contributed by atoms with Crippen molar-refractivity contribution in [2.24, 2.45) is 0 Å². The molecule has 0 unspecified atom stereocenters. The third-order valence-corrected chi connectivity index (χ3v) is 10.1. The molecule has 0 amide bonds. The minimum atomic E-state index is 0.799. The third kappa shape index (κ3) is 3.73. The van der Waals surface area contributed by atoms with Gasteiger partial charge in [0.25, 0.3) is 0 Å². The standard InChI is InChI=1S/C46H26O3/c1-2-12-27(13-3-1)45-44(43-39(49-45)25-24-36-30-15-9-11-21-38(30)48-46(36)43)42-34-18-6-4-16-32(34)41(33-17-5-7-19-35(33)42)28-22-23-31-29-14-8-10-20-37(29)47-40(31)26-28/h1-26H. The molecule has 0 spiro atoms. The van der Waals surface area contributed by atoms with E-state index in [1.165, 1.54) is 5.56 Å². The lowest BCUT2D eigenvalue weighted by Crippen LogP contribution is -1.91. The Labute approximate surface area is 280 Å². The topological polar surface area (TPSA) is 39.4 Å². The number of hydrogen-bond acceptors (Lipinski definition) is 3. The number of para-hydroxylation sites is 2. The summed E-state index contributed by atoms with van der Waals surface area (Å²) in [5.74, 6) is 0.829. The highest BCUT2D eigenvalue weighted by molar-refractivity contribution is 6.28. The van der Waals surface area contributed by atoms with Crippen molar-refractivity contribution >= 4 is 76.4 Å². The van der Waals surface area contributed by atoms with Crippen LogP contribution in [0, 0.1) is 0 Å². The van der Waals surface area contributed by atoms with Crippen LogP contribution in [0.2, 0.25) is 0 Å². The number of rotatable bonds is 3. The SMILES string of the molecule is c1ccc(-c2oc3ccc4c5ccccc5oc4c3c2-c2c3ccccc3c(-c3ccc4c(c3)oc3ccccc34)c3ccccc23)cc1. The quantitative estimate of drug-likeness (QED) is 0.183. The average Bonchev–Trinajstić information content (AvgIpc) is 3.85. The minimum Gasteiger partial charge on any atom is -0.456 e. The molecule has 0 aliphatic heterocycles. The van der Waals surface area contributed by atoms with Crippen molar-refractivity contribution in [2.75, 3.05) is 0 Å². The van der Waals surface area contributed by atoms with E-state index in [1.807, 2.05) is 30.3 Å². The van der Waals surface area contributed by atoms with E-state index in [9.17, 15) is 0 Å². The first-order valence-corrected chi connectivity index (χ1v) is 16.6. The van der Waals surface area contributed by atoms with Crippen LogP contribution in [0.3, 0.4) is 0 Å². The zero-order chi connectivity index (χ0) is 32.1. The van der Waals surface area contributed by atoms with Crippen LogP contribution < -0.4 is 0 Å². The number of hydrogen-bond donors (Lipinski definition) is 0. The van der Waals surface area contributed by atoms with Crippen molar-refractivity contribution in [3.8, 4) is 33.6 Å². The predicted octanol–water partition coefficient (Wildman–Crippen LogP) is 13.5. The second kappa shape index (κ2) is 9.96. The van der Waals surface area contributed by atoms with Gasteiger partial charge in [-0.15, -0.1) is 0 Å². The van der Waals surface area contributed by atoms with Gasteiger partial charge < -0.3 is 13.3 Å². The Balaban J connectivity index is 1.30. The summed E-state index contributed by atoms with van der Waals surface area (Å²) in [7, 11) is 0. The van der Waals surface area contributed by atoms with Crippen molar-refractivity contribution in [2.45, 2.75) is 0 Å². The van der Waals surface area contributed by atoms with Crippen LogP contribution in [-0.4, -0.2) is 0 Å². The lowest BCUT2D eigenvalue weighted by molar-refractivity contribution is 0.631. The molecule has 228 valence electrons. The summed E-state index contributed by atoms with van der Waals surface area (Å²) in [5.41, 5.74) is 9.77. The van der Waals surface area contributed by atoms with Gasteiger partial charge in [-0.3, -0.25) is 0 Å². The molecule has 0 N–H and O–H groups in total. The summed E-state index contributed by atoms with van der Waals surface area (Å²) in [6, 6.07) is 55.3. The van der Waals surface area contributed by atoms with Crippen LogP contribution in [-0.2, 0) is 0 Å². The first kappa shape index (κ1) is 26.5. The van der Waals surface area contributed by atoms with Gasteiger partial charge in [0.05, 0.1) is 5.39 Å². The summed E-state index contributed by atoms with van der Waals surface area (Å²) in [6.07, 6.45) is 0. The van der Waals surface area contributed by atoms with E-state index >= 15 is 0 Å². The molecule has 3 heterocycles. The highest BCUT2D eigenvalue weighted by Crippen LogP contribution is 2.51. The van der Waals surface area contributed by atoms with E-state index in [1.54, 1.807) is 0 Å². The Kier molecular flexibility index (Phi) is 5.38. The molecule has 0 aliphatic carbocycles. The number of benzene rings is 8. The lowest BCUT2D eigenvalue weighted by atomic mass is 9.84. The Hall–Kier alpha value is -6.58. The Morgan fingerprint density at radius 2 is 0.816 bits per heavy atom. The van der Waals surface area contributed by atoms with Crippen molar-refractivity contribution in [3.05, 3.63) is 158 Å². The van der Waals surface area contributed by atoms with E-state index in [0.29, 0.717) is 0 Å². The Bertz CT molecular complexity index is 3040. The van der Waals surface area contributed by atoms with Crippen LogP contribution >= 0.6 is 0 Å². The molecule has 0 fully saturated rings. The molecule has 0 saturated heterocycles. The molecule has 11 aromatic rings. The van der Waals surface area contributed by atoms with Crippen LogP contribution in [0.15, 0.2) is 171 Å². The van der Waals surface area contributed by atoms with E-state index < -0.39 is 0 Å². The van der Waals surface area contributed by atoms with Gasteiger partial charge in [0.1, 0.15) is 33.7 Å². The fraction of sp³-hybridized carbons (Fsp3) is 0. The van der Waals surface area contributed by atoms with Gasteiger partial charge in [0, 0.05) is 38.2 Å². The Morgan fingerprint density at radius 1 is 0.286 bits per heavy atom. The molecule has 8 aromatic carbocycles. The maximum atomic E-state index is 6.86. The van der Waals surface area contributed by atoms with Crippen LogP contribution in [0.5, 0.6) is 0 Å². The van der Waals surface area contributed by atoms with E-state index in [2.05, 4.69) is 127 Å². The van der Waals surface area contributed by atoms with Crippen molar-refractivity contribution in [3.63, 3.8) is 0 Å². The summed E-state index contributed by atoms with van der Waals surface area (Å²) in [4.78, 5) is 0. The third-order valence-electron chi connectivity index (χ3n) is 10.1. The second-order valence-corrected chi connectivity index (χ2v) is 12.7. The van der Waals surface area contributed by atoms with Gasteiger partial charge in [-0.1, -0.05) is 121 Å². The van der Waals surface area contributed by atoms with Crippen LogP contribution in [0.1, 0.15) is 0 Å². The summed E-state index contributed by atoms with van der Waals surface area (Å²) < 4.78 is 19.9. The molecule has 3 aromatic heterocycles. The van der Waals surface area contributed by atoms with Crippen molar-refractivity contribution in [1.29, 1.82) is 0 Å². The first-order valence-electron chi connectivity index (χ1n) is 16.6. The van der Waals surface area contributed by atoms with Crippen molar-refractivity contribution in [1.82, 2.24) is 0 Å². The summed E-state index contributed by atoms with van der Waals surface area (Å²) in [5, 5.41) is 10.0. The molecule has 0 atom stereocenters. The smallest absolute Gasteiger partial charge is 0.147 e. The van der Waals surface area contributed by atoms with E-state index in [0.717, 1.165) is 104 Å². The second-order valence-electron chi connectivity index (χ2n) is 12.7. The fourth-order valence-corrected chi connectivity index (χ4v) is 7.99. The maximum absolute atomic E-state index is 6.86. The Morgan fingerprint density at radius 3 is 1.51 bits per heavy atom. The van der Waals surface area contributed by atoms with Crippen LogP contribution in [0.25, 0.3) is 110 Å². The highest BCUT2D eigenvalue weighted by atomic mass is 16.3. The molecule has 3 nitrogen and oxygen atoms in total.